The van der Waals surface area contributed by atoms with Crippen LogP contribution in [0, 0.1) is 3.90 Å². The fourth-order valence-electron chi connectivity index (χ4n) is 0.843. The van der Waals surface area contributed by atoms with Crippen LogP contribution in [0.15, 0.2) is 15.9 Å². The van der Waals surface area contributed by atoms with Crippen molar-refractivity contribution in [1.29, 1.82) is 0 Å². The molecule has 0 atom stereocenters. The van der Waals surface area contributed by atoms with Crippen LogP contribution in [0.2, 0.25) is 0 Å². The molecule has 0 radical (unpaired) electrons. The number of rotatable bonds is 2. The van der Waals surface area contributed by atoms with E-state index in [2.05, 4.69) is 10.2 Å². The maximum Gasteiger partial charge on any atom is 0.278 e. The second kappa shape index (κ2) is 3.62. The summed E-state index contributed by atoms with van der Waals surface area (Å²) in [7, 11) is 1.63. The monoisotopic (exact) mass is 308 g/mol. The quantitative estimate of drug-likeness (QED) is 0.800. The number of hydrogen-bond donors (Lipinski definition) is 0. The molecule has 6 heteroatoms. The molecule has 68 valence electrons. The van der Waals surface area contributed by atoms with E-state index in [9.17, 15) is 0 Å². The minimum Gasteiger partial charge on any atom is -0.496 e. The van der Waals surface area contributed by atoms with E-state index in [1.807, 2.05) is 34.0 Å². The van der Waals surface area contributed by atoms with Crippen LogP contribution >= 0.6 is 33.9 Å². The van der Waals surface area contributed by atoms with E-state index in [0.717, 1.165) is 10.6 Å². The molecule has 0 aliphatic carbocycles. The molecular formula is C7H5IN2O2S. The van der Waals surface area contributed by atoms with Crippen molar-refractivity contribution in [2.45, 2.75) is 0 Å². The van der Waals surface area contributed by atoms with Crippen molar-refractivity contribution >= 4 is 33.9 Å². The van der Waals surface area contributed by atoms with E-state index in [-0.39, 0.29) is 0 Å². The average molecular weight is 308 g/mol. The third-order valence-corrected chi connectivity index (χ3v) is 2.75. The second-order valence-corrected chi connectivity index (χ2v) is 4.05. The molecule has 2 heterocycles. The first-order valence-electron chi connectivity index (χ1n) is 3.41. The molecule has 13 heavy (non-hydrogen) atoms. The number of ether oxygens (including phenoxy) is 1. The molecule has 0 amide bonds. The Bertz CT molecular complexity index is 412. The molecule has 0 spiro atoms. The SMILES string of the molecule is COc1csc(-c2nnc(I)o2)c1. The van der Waals surface area contributed by atoms with Crippen molar-refractivity contribution in [3.63, 3.8) is 0 Å². The summed E-state index contributed by atoms with van der Waals surface area (Å²) in [5.41, 5.74) is 0. The van der Waals surface area contributed by atoms with Crippen LogP contribution in [0.1, 0.15) is 0 Å². The van der Waals surface area contributed by atoms with Crippen LogP contribution in [0.25, 0.3) is 10.8 Å². The highest BCUT2D eigenvalue weighted by Gasteiger charge is 2.09. The fourth-order valence-corrected chi connectivity index (χ4v) is 1.93. The van der Waals surface area contributed by atoms with Crippen LogP contribution in [0.4, 0.5) is 0 Å². The summed E-state index contributed by atoms with van der Waals surface area (Å²) in [6.07, 6.45) is 0. The Balaban J connectivity index is 2.35. The second-order valence-electron chi connectivity index (χ2n) is 2.21. The van der Waals surface area contributed by atoms with Gasteiger partial charge < -0.3 is 9.15 Å². The molecule has 0 aliphatic rings. The molecule has 0 aromatic carbocycles. The van der Waals surface area contributed by atoms with Gasteiger partial charge in [-0.15, -0.1) is 21.5 Å². The Morgan fingerprint density at radius 1 is 1.54 bits per heavy atom. The zero-order chi connectivity index (χ0) is 9.26. The number of hydrogen-bond acceptors (Lipinski definition) is 5. The lowest BCUT2D eigenvalue weighted by molar-refractivity contribution is 0.416. The largest absolute Gasteiger partial charge is 0.496 e. The van der Waals surface area contributed by atoms with Crippen molar-refractivity contribution in [3.8, 4) is 16.5 Å². The number of halogens is 1. The van der Waals surface area contributed by atoms with Gasteiger partial charge in [0.25, 0.3) is 9.79 Å². The maximum atomic E-state index is 5.25. The first-order valence-corrected chi connectivity index (χ1v) is 5.37. The third-order valence-electron chi connectivity index (χ3n) is 1.42. The van der Waals surface area contributed by atoms with E-state index in [0.29, 0.717) is 9.79 Å². The molecule has 0 N–H and O–H groups in total. The van der Waals surface area contributed by atoms with Crippen molar-refractivity contribution < 1.29 is 9.15 Å². The Kier molecular flexibility index (Phi) is 2.49. The minimum atomic E-state index is 0.540. The Labute approximate surface area is 92.1 Å². The van der Waals surface area contributed by atoms with Gasteiger partial charge in [-0.1, -0.05) is 0 Å². The van der Waals surface area contributed by atoms with Crippen molar-refractivity contribution in [2.24, 2.45) is 0 Å². The Morgan fingerprint density at radius 2 is 2.38 bits per heavy atom. The zero-order valence-electron chi connectivity index (χ0n) is 6.65. The van der Waals surface area contributed by atoms with E-state index in [4.69, 9.17) is 9.15 Å². The lowest BCUT2D eigenvalue weighted by atomic mass is 10.4. The van der Waals surface area contributed by atoms with Gasteiger partial charge in [0.05, 0.1) is 12.0 Å². The number of methoxy groups -OCH3 is 1. The molecule has 0 saturated heterocycles. The number of thiophene rings is 1. The van der Waals surface area contributed by atoms with Gasteiger partial charge in [-0.25, -0.2) is 0 Å². The van der Waals surface area contributed by atoms with E-state index >= 15 is 0 Å². The molecule has 2 rings (SSSR count). The van der Waals surface area contributed by atoms with E-state index in [1.165, 1.54) is 11.3 Å². The minimum absolute atomic E-state index is 0.540. The smallest absolute Gasteiger partial charge is 0.278 e. The van der Waals surface area contributed by atoms with Crippen LogP contribution < -0.4 is 4.74 Å². The van der Waals surface area contributed by atoms with Gasteiger partial charge in [-0.2, -0.15) is 0 Å². The van der Waals surface area contributed by atoms with Crippen LogP contribution in [0.5, 0.6) is 5.75 Å². The lowest BCUT2D eigenvalue weighted by Gasteiger charge is -1.88. The van der Waals surface area contributed by atoms with Gasteiger partial charge >= 0.3 is 0 Å². The van der Waals surface area contributed by atoms with Crippen molar-refractivity contribution in [2.75, 3.05) is 7.11 Å². The van der Waals surface area contributed by atoms with Crippen LogP contribution in [-0.4, -0.2) is 17.3 Å². The normalized spacial score (nSPS) is 10.3. The summed E-state index contributed by atoms with van der Waals surface area (Å²) in [4.78, 5) is 0.923. The summed E-state index contributed by atoms with van der Waals surface area (Å²) in [6, 6.07) is 1.87. The zero-order valence-corrected chi connectivity index (χ0v) is 9.63. The summed E-state index contributed by atoms with van der Waals surface area (Å²) in [6.45, 7) is 0. The van der Waals surface area contributed by atoms with Gasteiger partial charge in [0.2, 0.25) is 0 Å². The maximum absolute atomic E-state index is 5.25. The van der Waals surface area contributed by atoms with Gasteiger partial charge in [0.1, 0.15) is 5.75 Å². The van der Waals surface area contributed by atoms with Gasteiger partial charge in [0.15, 0.2) is 0 Å². The molecule has 0 aliphatic heterocycles. The predicted molar refractivity (Wildman–Crippen MR) is 56.9 cm³/mol. The molecule has 0 unspecified atom stereocenters. The highest BCUT2D eigenvalue weighted by atomic mass is 127. The molecule has 2 aromatic heterocycles. The predicted octanol–water partition coefficient (Wildman–Crippen LogP) is 2.41. The van der Waals surface area contributed by atoms with Gasteiger partial charge in [0, 0.05) is 34.0 Å². The summed E-state index contributed by atoms with van der Waals surface area (Å²) >= 11 is 3.49. The standard InChI is InChI=1S/C7H5IN2O2S/c1-11-4-2-5(13-3-4)6-9-10-7(8)12-6/h2-3H,1H3. The van der Waals surface area contributed by atoms with Gasteiger partial charge in [-0.3, -0.25) is 0 Å². The molecule has 2 aromatic rings. The first-order chi connectivity index (χ1) is 6.29. The fraction of sp³-hybridized carbons (Fsp3) is 0.143. The Hall–Kier alpha value is -0.630. The first kappa shape index (κ1) is 8.95. The van der Waals surface area contributed by atoms with Crippen molar-refractivity contribution in [1.82, 2.24) is 10.2 Å². The van der Waals surface area contributed by atoms with E-state index < -0.39 is 0 Å². The number of nitrogens with zero attached hydrogens (tertiary/aromatic N) is 2. The molecule has 4 nitrogen and oxygen atoms in total. The third kappa shape index (κ3) is 1.83. The highest BCUT2D eigenvalue weighted by molar-refractivity contribution is 14.1. The van der Waals surface area contributed by atoms with Crippen LogP contribution in [-0.2, 0) is 0 Å². The summed E-state index contributed by atoms with van der Waals surface area (Å²) in [5, 5.41) is 9.52. The summed E-state index contributed by atoms with van der Waals surface area (Å²) < 4.78 is 10.8. The molecule has 0 fully saturated rings. The van der Waals surface area contributed by atoms with Crippen LogP contribution in [0.3, 0.4) is 0 Å². The van der Waals surface area contributed by atoms with Crippen molar-refractivity contribution in [3.05, 3.63) is 15.3 Å². The topological polar surface area (TPSA) is 48.2 Å². The molecule has 0 bridgehead atoms. The molecular weight excluding hydrogens is 303 g/mol. The van der Waals surface area contributed by atoms with E-state index in [1.54, 1.807) is 7.11 Å². The summed E-state index contributed by atoms with van der Waals surface area (Å²) in [5.74, 6) is 1.35. The van der Waals surface area contributed by atoms with Gasteiger partial charge in [-0.05, 0) is 0 Å². The number of aromatic nitrogens is 2. The Morgan fingerprint density at radius 3 is 2.92 bits per heavy atom. The highest BCUT2D eigenvalue weighted by Crippen LogP contribution is 2.29. The molecule has 0 saturated carbocycles. The average Bonchev–Trinajstić information content (AvgIpc) is 2.71. The lowest BCUT2D eigenvalue weighted by Crippen LogP contribution is -1.76.